The van der Waals surface area contributed by atoms with Crippen molar-refractivity contribution in [2.24, 2.45) is 5.73 Å². The van der Waals surface area contributed by atoms with Crippen LogP contribution in [-0.2, 0) is 9.53 Å². The van der Waals surface area contributed by atoms with Crippen LogP contribution in [0.15, 0.2) is 0 Å². The number of amides is 1. The third-order valence-electron chi connectivity index (χ3n) is 4.08. The first-order chi connectivity index (χ1) is 10.2. The Morgan fingerprint density at radius 1 is 1.29 bits per heavy atom. The Bertz CT molecular complexity index is 289. The summed E-state index contributed by atoms with van der Waals surface area (Å²) in [5, 5.41) is 2.92. The average Bonchev–Trinajstić information content (AvgIpc) is 2.72. The molecular formula is C15H32N4O2. The quantitative estimate of drug-likeness (QED) is 0.581. The van der Waals surface area contributed by atoms with Gasteiger partial charge >= 0.3 is 0 Å². The molecule has 1 rings (SSSR count). The number of unbranched alkanes of at least 4 members (excludes halogenated alkanes) is 1. The Hall–Kier alpha value is -0.690. The van der Waals surface area contributed by atoms with Crippen molar-refractivity contribution in [2.75, 3.05) is 59.5 Å². The van der Waals surface area contributed by atoms with Gasteiger partial charge in [0.15, 0.2) is 0 Å². The zero-order valence-corrected chi connectivity index (χ0v) is 13.6. The molecule has 1 unspecified atom stereocenters. The summed E-state index contributed by atoms with van der Waals surface area (Å²) in [5.41, 5.74) is 5.54. The number of nitrogens with one attached hydrogen (secondary N) is 1. The molecule has 6 nitrogen and oxygen atoms in total. The minimum Gasteiger partial charge on any atom is -0.383 e. The Morgan fingerprint density at radius 3 is 2.81 bits per heavy atom. The summed E-state index contributed by atoms with van der Waals surface area (Å²) in [7, 11) is 1.64. The number of nitrogens with two attached hydrogens (primary N) is 1. The average molecular weight is 300 g/mol. The molecule has 0 saturated carbocycles. The van der Waals surface area contributed by atoms with Crippen LogP contribution in [0, 0.1) is 0 Å². The second kappa shape index (κ2) is 11.0. The largest absolute Gasteiger partial charge is 0.383 e. The van der Waals surface area contributed by atoms with Gasteiger partial charge in [-0.25, -0.2) is 0 Å². The topological polar surface area (TPSA) is 70.8 Å². The summed E-state index contributed by atoms with van der Waals surface area (Å²) in [4.78, 5) is 16.9. The van der Waals surface area contributed by atoms with E-state index in [0.29, 0.717) is 13.2 Å². The minimum atomic E-state index is -0.0640. The number of carbonyl (C=O) groups is 1. The molecule has 1 heterocycles. The van der Waals surface area contributed by atoms with E-state index in [-0.39, 0.29) is 11.9 Å². The van der Waals surface area contributed by atoms with Crippen LogP contribution in [0.3, 0.4) is 0 Å². The van der Waals surface area contributed by atoms with Gasteiger partial charge in [-0.15, -0.1) is 0 Å². The van der Waals surface area contributed by atoms with E-state index in [1.54, 1.807) is 7.11 Å². The summed E-state index contributed by atoms with van der Waals surface area (Å²) < 4.78 is 4.95. The van der Waals surface area contributed by atoms with Crippen molar-refractivity contribution in [3.63, 3.8) is 0 Å². The summed E-state index contributed by atoms with van der Waals surface area (Å²) in [6.45, 7) is 9.16. The number of hydrogen-bond donors (Lipinski definition) is 2. The van der Waals surface area contributed by atoms with Crippen LogP contribution in [-0.4, -0.2) is 81.3 Å². The molecule has 1 saturated heterocycles. The van der Waals surface area contributed by atoms with E-state index in [1.807, 2.05) is 6.92 Å². The molecule has 6 heteroatoms. The van der Waals surface area contributed by atoms with Crippen LogP contribution in [0.1, 0.15) is 26.2 Å². The van der Waals surface area contributed by atoms with Gasteiger partial charge in [0.2, 0.25) is 5.91 Å². The molecule has 21 heavy (non-hydrogen) atoms. The highest BCUT2D eigenvalue weighted by atomic mass is 16.5. The predicted octanol–water partition coefficient (Wildman–Crippen LogP) is -0.116. The summed E-state index contributed by atoms with van der Waals surface area (Å²) in [6.07, 6.45) is 3.39. The van der Waals surface area contributed by atoms with Gasteiger partial charge in [-0.2, -0.15) is 0 Å². The lowest BCUT2D eigenvalue weighted by molar-refractivity contribution is -0.126. The molecule has 1 atom stereocenters. The molecular weight excluding hydrogens is 268 g/mol. The maximum atomic E-state index is 12.1. The van der Waals surface area contributed by atoms with Gasteiger partial charge in [-0.3, -0.25) is 9.69 Å². The normalized spacial score (nSPS) is 19.2. The van der Waals surface area contributed by atoms with Crippen LogP contribution in [0.4, 0.5) is 0 Å². The molecule has 124 valence electrons. The fourth-order valence-corrected chi connectivity index (χ4v) is 2.67. The molecule has 0 aromatic heterocycles. The number of rotatable bonds is 9. The molecule has 0 spiro atoms. The lowest BCUT2D eigenvalue weighted by atomic mass is 10.2. The third kappa shape index (κ3) is 7.22. The lowest BCUT2D eigenvalue weighted by Gasteiger charge is -2.27. The van der Waals surface area contributed by atoms with E-state index >= 15 is 0 Å². The monoisotopic (exact) mass is 300 g/mol. The first kappa shape index (κ1) is 18.4. The SMILES string of the molecule is COCCNC(=O)C(C)N1CCCN(CCCCN)CC1. The fourth-order valence-electron chi connectivity index (χ4n) is 2.67. The van der Waals surface area contributed by atoms with Crippen LogP contribution in [0.25, 0.3) is 0 Å². The summed E-state index contributed by atoms with van der Waals surface area (Å²) in [5.74, 6) is 0.101. The molecule has 0 aromatic carbocycles. The third-order valence-corrected chi connectivity index (χ3v) is 4.08. The number of methoxy groups -OCH3 is 1. The number of hydrogen-bond acceptors (Lipinski definition) is 5. The van der Waals surface area contributed by atoms with E-state index in [1.165, 1.54) is 6.42 Å². The first-order valence-corrected chi connectivity index (χ1v) is 8.12. The first-order valence-electron chi connectivity index (χ1n) is 8.12. The van der Waals surface area contributed by atoms with Gasteiger partial charge in [0, 0.05) is 33.3 Å². The van der Waals surface area contributed by atoms with Crippen molar-refractivity contribution in [1.29, 1.82) is 0 Å². The van der Waals surface area contributed by atoms with Crippen molar-refractivity contribution < 1.29 is 9.53 Å². The minimum absolute atomic E-state index is 0.0640. The van der Waals surface area contributed by atoms with Gasteiger partial charge in [0.1, 0.15) is 0 Å². The second-order valence-electron chi connectivity index (χ2n) is 5.69. The molecule has 0 bridgehead atoms. The second-order valence-corrected chi connectivity index (χ2v) is 5.69. The van der Waals surface area contributed by atoms with E-state index in [0.717, 1.165) is 52.1 Å². The molecule has 0 aromatic rings. The van der Waals surface area contributed by atoms with Crippen molar-refractivity contribution in [2.45, 2.75) is 32.2 Å². The molecule has 1 fully saturated rings. The van der Waals surface area contributed by atoms with Gasteiger partial charge < -0.3 is 20.7 Å². The zero-order valence-electron chi connectivity index (χ0n) is 13.6. The maximum Gasteiger partial charge on any atom is 0.237 e. The van der Waals surface area contributed by atoms with Crippen LogP contribution >= 0.6 is 0 Å². The molecule has 3 N–H and O–H groups in total. The molecule has 0 aliphatic carbocycles. The van der Waals surface area contributed by atoms with Gasteiger partial charge in [0.25, 0.3) is 0 Å². The highest BCUT2D eigenvalue weighted by Gasteiger charge is 2.23. The van der Waals surface area contributed by atoms with E-state index in [9.17, 15) is 4.79 Å². The van der Waals surface area contributed by atoms with Gasteiger partial charge in [0.05, 0.1) is 12.6 Å². The highest BCUT2D eigenvalue weighted by molar-refractivity contribution is 5.81. The Labute approximate surface area is 129 Å². The van der Waals surface area contributed by atoms with Crippen LogP contribution < -0.4 is 11.1 Å². The predicted molar refractivity (Wildman–Crippen MR) is 85.3 cm³/mol. The Kier molecular flexibility index (Phi) is 9.58. The Morgan fingerprint density at radius 2 is 2.10 bits per heavy atom. The zero-order chi connectivity index (χ0) is 15.5. The van der Waals surface area contributed by atoms with Crippen molar-refractivity contribution in [3.05, 3.63) is 0 Å². The maximum absolute atomic E-state index is 12.1. The van der Waals surface area contributed by atoms with E-state index in [2.05, 4.69) is 15.1 Å². The summed E-state index contributed by atoms with van der Waals surface area (Å²) in [6, 6.07) is -0.0640. The number of ether oxygens (including phenoxy) is 1. The molecule has 0 radical (unpaired) electrons. The Balaban J connectivity index is 2.30. The van der Waals surface area contributed by atoms with E-state index < -0.39 is 0 Å². The van der Waals surface area contributed by atoms with Gasteiger partial charge in [-0.1, -0.05) is 0 Å². The smallest absolute Gasteiger partial charge is 0.237 e. The lowest BCUT2D eigenvalue weighted by Crippen LogP contribution is -2.47. The fraction of sp³-hybridized carbons (Fsp3) is 0.933. The highest BCUT2D eigenvalue weighted by Crippen LogP contribution is 2.08. The molecule has 1 aliphatic heterocycles. The standard InChI is InChI=1S/C15H32N4O2/c1-14(15(20)17-7-13-21-2)19-10-5-9-18(11-12-19)8-4-3-6-16/h14H,3-13,16H2,1-2H3,(H,17,20). The van der Waals surface area contributed by atoms with Gasteiger partial charge in [-0.05, 0) is 45.8 Å². The van der Waals surface area contributed by atoms with E-state index in [4.69, 9.17) is 10.5 Å². The van der Waals surface area contributed by atoms with Crippen LogP contribution in [0.5, 0.6) is 0 Å². The van der Waals surface area contributed by atoms with Crippen molar-refractivity contribution >= 4 is 5.91 Å². The summed E-state index contributed by atoms with van der Waals surface area (Å²) >= 11 is 0. The number of nitrogens with zero attached hydrogens (tertiary/aromatic N) is 2. The molecule has 1 amide bonds. The van der Waals surface area contributed by atoms with Crippen molar-refractivity contribution in [3.8, 4) is 0 Å². The molecule has 1 aliphatic rings. The number of carbonyl (C=O) groups excluding carboxylic acids is 1. The van der Waals surface area contributed by atoms with Crippen molar-refractivity contribution in [1.82, 2.24) is 15.1 Å². The van der Waals surface area contributed by atoms with Crippen LogP contribution in [0.2, 0.25) is 0 Å².